The normalized spacial score (nSPS) is 12.6. The summed E-state index contributed by atoms with van der Waals surface area (Å²) < 4.78 is 2.07. The highest BCUT2D eigenvalue weighted by molar-refractivity contribution is 5.75. The molecule has 0 spiro atoms. The number of nitrogens with one attached hydrogen (secondary N) is 1. The quantitative estimate of drug-likeness (QED) is 0.529. The van der Waals surface area contributed by atoms with Crippen molar-refractivity contribution in [1.29, 1.82) is 0 Å². The van der Waals surface area contributed by atoms with Crippen LogP contribution < -0.4 is 5.32 Å². The summed E-state index contributed by atoms with van der Waals surface area (Å²) in [4.78, 5) is 0. The van der Waals surface area contributed by atoms with E-state index in [1.165, 1.54) is 27.8 Å². The molecule has 1 aromatic heterocycles. The lowest BCUT2D eigenvalue weighted by molar-refractivity contribution is 0.875. The summed E-state index contributed by atoms with van der Waals surface area (Å²) in [6.07, 6.45) is 1.01. The second-order valence-corrected chi connectivity index (χ2v) is 6.99. The number of fused-ring (bicyclic) bond motifs is 1. The Kier molecular flexibility index (Phi) is 3.79. The van der Waals surface area contributed by atoms with E-state index in [1.807, 2.05) is 6.07 Å². The van der Waals surface area contributed by atoms with Crippen LogP contribution >= 0.6 is 0 Å². The van der Waals surface area contributed by atoms with E-state index in [1.54, 1.807) is 0 Å². The first-order chi connectivity index (χ1) is 13.3. The molecule has 1 aliphatic rings. The van der Waals surface area contributed by atoms with Crippen molar-refractivity contribution in [3.63, 3.8) is 0 Å². The summed E-state index contributed by atoms with van der Waals surface area (Å²) in [5.74, 6) is 1.13. The van der Waals surface area contributed by atoms with E-state index >= 15 is 0 Å². The van der Waals surface area contributed by atoms with E-state index in [-0.39, 0.29) is 0 Å². The van der Waals surface area contributed by atoms with E-state index in [4.69, 9.17) is 5.10 Å². The molecule has 0 saturated carbocycles. The van der Waals surface area contributed by atoms with Crippen LogP contribution in [-0.4, -0.2) is 16.3 Å². The highest BCUT2D eigenvalue weighted by atomic mass is 15.3. The van der Waals surface area contributed by atoms with Gasteiger partial charge >= 0.3 is 0 Å². The smallest absolute Gasteiger partial charge is 0.133 e. The standard InChI is InChI=1S/C24H21N3/c1-17-7-5-6-10-22(17)27-24-21(15-16-25-24)23(26-27)20-13-11-19(12-14-20)18-8-3-2-4-9-18/h2-14,25H,15-16H2,1H3. The van der Waals surface area contributed by atoms with Gasteiger partial charge in [-0.3, -0.25) is 0 Å². The summed E-state index contributed by atoms with van der Waals surface area (Å²) in [5.41, 5.74) is 8.39. The number of nitrogens with zero attached hydrogens (tertiary/aromatic N) is 2. The van der Waals surface area contributed by atoms with Crippen LogP contribution in [0.15, 0.2) is 78.9 Å². The lowest BCUT2D eigenvalue weighted by Crippen LogP contribution is -2.05. The Morgan fingerprint density at radius 3 is 2.22 bits per heavy atom. The van der Waals surface area contributed by atoms with Gasteiger partial charge in [0, 0.05) is 17.7 Å². The van der Waals surface area contributed by atoms with Crippen molar-refractivity contribution in [2.24, 2.45) is 0 Å². The van der Waals surface area contributed by atoms with Crippen molar-refractivity contribution in [3.8, 4) is 28.1 Å². The Balaban J connectivity index is 1.58. The van der Waals surface area contributed by atoms with Crippen molar-refractivity contribution in [2.75, 3.05) is 11.9 Å². The van der Waals surface area contributed by atoms with Crippen LogP contribution in [0.25, 0.3) is 28.1 Å². The zero-order valence-electron chi connectivity index (χ0n) is 15.3. The van der Waals surface area contributed by atoms with Crippen LogP contribution in [0.1, 0.15) is 11.1 Å². The maximum atomic E-state index is 4.99. The number of rotatable bonds is 3. The lowest BCUT2D eigenvalue weighted by Gasteiger charge is -2.09. The number of benzene rings is 3. The minimum atomic E-state index is 0.966. The number of hydrogen-bond donors (Lipinski definition) is 1. The first-order valence-corrected chi connectivity index (χ1v) is 9.39. The molecule has 27 heavy (non-hydrogen) atoms. The molecule has 0 unspecified atom stereocenters. The van der Waals surface area contributed by atoms with Crippen molar-refractivity contribution in [2.45, 2.75) is 13.3 Å². The minimum absolute atomic E-state index is 0.966. The van der Waals surface area contributed by atoms with Gasteiger partial charge in [-0.1, -0.05) is 72.8 Å². The molecule has 0 aliphatic carbocycles. The third-order valence-corrected chi connectivity index (χ3v) is 5.26. The van der Waals surface area contributed by atoms with E-state index in [0.717, 1.165) is 30.2 Å². The number of hydrogen-bond acceptors (Lipinski definition) is 2. The highest BCUT2D eigenvalue weighted by Crippen LogP contribution is 2.35. The Labute approximate surface area is 159 Å². The van der Waals surface area contributed by atoms with Crippen molar-refractivity contribution >= 4 is 5.82 Å². The summed E-state index contributed by atoms with van der Waals surface area (Å²) in [6.45, 7) is 3.10. The highest BCUT2D eigenvalue weighted by Gasteiger charge is 2.24. The molecular formula is C24H21N3. The fourth-order valence-electron chi connectivity index (χ4n) is 3.83. The molecular weight excluding hydrogens is 330 g/mol. The summed E-state index contributed by atoms with van der Waals surface area (Å²) >= 11 is 0. The summed E-state index contributed by atoms with van der Waals surface area (Å²) in [5, 5.41) is 8.51. The fraction of sp³-hybridized carbons (Fsp3) is 0.125. The number of anilines is 1. The predicted molar refractivity (Wildman–Crippen MR) is 111 cm³/mol. The van der Waals surface area contributed by atoms with E-state index < -0.39 is 0 Å². The largest absolute Gasteiger partial charge is 0.369 e. The molecule has 0 atom stereocenters. The zero-order valence-corrected chi connectivity index (χ0v) is 15.3. The topological polar surface area (TPSA) is 29.9 Å². The monoisotopic (exact) mass is 351 g/mol. The molecule has 1 aliphatic heterocycles. The molecule has 2 heterocycles. The summed E-state index contributed by atoms with van der Waals surface area (Å²) in [7, 11) is 0. The van der Waals surface area contributed by atoms with Crippen LogP contribution in [0.3, 0.4) is 0 Å². The molecule has 0 fully saturated rings. The molecule has 3 aromatic carbocycles. The van der Waals surface area contributed by atoms with Gasteiger partial charge in [0.25, 0.3) is 0 Å². The van der Waals surface area contributed by atoms with E-state index in [2.05, 4.69) is 89.7 Å². The second kappa shape index (κ2) is 6.44. The summed E-state index contributed by atoms with van der Waals surface area (Å²) in [6, 6.07) is 27.6. The van der Waals surface area contributed by atoms with Gasteiger partial charge in [0.2, 0.25) is 0 Å². The molecule has 0 amide bonds. The van der Waals surface area contributed by atoms with Gasteiger partial charge < -0.3 is 5.32 Å². The van der Waals surface area contributed by atoms with E-state index in [9.17, 15) is 0 Å². The molecule has 0 radical (unpaired) electrons. The van der Waals surface area contributed by atoms with Crippen molar-refractivity contribution in [3.05, 3.63) is 90.0 Å². The van der Waals surface area contributed by atoms with Gasteiger partial charge in [-0.05, 0) is 36.1 Å². The molecule has 0 saturated heterocycles. The minimum Gasteiger partial charge on any atom is -0.369 e. The van der Waals surface area contributed by atoms with Gasteiger partial charge in [0.15, 0.2) is 0 Å². The van der Waals surface area contributed by atoms with Gasteiger partial charge in [0.05, 0.1) is 11.4 Å². The average molecular weight is 351 g/mol. The number of para-hydroxylation sites is 1. The van der Waals surface area contributed by atoms with Gasteiger partial charge in [-0.15, -0.1) is 0 Å². The molecule has 3 nitrogen and oxygen atoms in total. The molecule has 4 aromatic rings. The van der Waals surface area contributed by atoms with Crippen LogP contribution in [0.2, 0.25) is 0 Å². The van der Waals surface area contributed by atoms with Crippen molar-refractivity contribution < 1.29 is 0 Å². The van der Waals surface area contributed by atoms with Crippen LogP contribution in [0.5, 0.6) is 0 Å². The van der Waals surface area contributed by atoms with Crippen LogP contribution in [0.4, 0.5) is 5.82 Å². The fourth-order valence-corrected chi connectivity index (χ4v) is 3.83. The third-order valence-electron chi connectivity index (χ3n) is 5.26. The molecule has 132 valence electrons. The van der Waals surface area contributed by atoms with Crippen molar-refractivity contribution in [1.82, 2.24) is 9.78 Å². The Hall–Kier alpha value is -3.33. The maximum absolute atomic E-state index is 4.99. The average Bonchev–Trinajstić information content (AvgIpc) is 3.32. The molecule has 0 bridgehead atoms. The van der Waals surface area contributed by atoms with E-state index in [0.29, 0.717) is 0 Å². The third kappa shape index (κ3) is 2.72. The zero-order chi connectivity index (χ0) is 18.2. The van der Waals surface area contributed by atoms with Gasteiger partial charge in [0.1, 0.15) is 5.82 Å². The lowest BCUT2D eigenvalue weighted by atomic mass is 10.0. The van der Waals surface area contributed by atoms with Crippen LogP contribution in [0, 0.1) is 6.92 Å². The Morgan fingerprint density at radius 1 is 0.778 bits per heavy atom. The SMILES string of the molecule is Cc1ccccc1-n1nc(-c2ccc(-c3ccccc3)cc2)c2c1NCC2. The number of aryl methyl sites for hydroxylation is 1. The second-order valence-electron chi connectivity index (χ2n) is 6.99. The Bertz CT molecular complexity index is 1090. The van der Waals surface area contributed by atoms with Gasteiger partial charge in [-0.25, -0.2) is 4.68 Å². The first-order valence-electron chi connectivity index (χ1n) is 9.39. The Morgan fingerprint density at radius 2 is 1.44 bits per heavy atom. The van der Waals surface area contributed by atoms with Crippen LogP contribution in [-0.2, 0) is 6.42 Å². The molecule has 3 heteroatoms. The molecule has 1 N–H and O–H groups in total. The first kappa shape index (κ1) is 15.9. The molecule has 5 rings (SSSR count). The maximum Gasteiger partial charge on any atom is 0.133 e. The predicted octanol–water partition coefficient (Wildman–Crippen LogP) is 5.48. The van der Waals surface area contributed by atoms with Gasteiger partial charge in [-0.2, -0.15) is 5.10 Å². The number of aromatic nitrogens is 2.